The third-order valence-electron chi connectivity index (χ3n) is 11.7. The molecule has 0 heterocycles. The molecule has 0 saturated carbocycles. The van der Waals surface area contributed by atoms with Crippen LogP contribution in [-0.2, 0) is 14.3 Å². The van der Waals surface area contributed by atoms with Crippen molar-refractivity contribution in [1.29, 1.82) is 0 Å². The van der Waals surface area contributed by atoms with Crippen molar-refractivity contribution in [2.75, 3.05) is 6.61 Å². The number of esters is 1. The zero-order valence-electron chi connectivity index (χ0n) is 39.4. The average Bonchev–Trinajstić information content (AvgIpc) is 3.23. The Morgan fingerprint density at radius 2 is 0.898 bits per heavy atom. The molecule has 6 nitrogen and oxygen atoms in total. The Hall–Kier alpha value is -1.92. The van der Waals surface area contributed by atoms with E-state index in [9.17, 15) is 19.8 Å². The zero-order chi connectivity index (χ0) is 43.1. The highest BCUT2D eigenvalue weighted by Gasteiger charge is 2.24. The van der Waals surface area contributed by atoms with Crippen LogP contribution in [0.15, 0.2) is 36.5 Å². The van der Waals surface area contributed by atoms with Gasteiger partial charge in [0.25, 0.3) is 0 Å². The molecule has 0 bridgehead atoms. The van der Waals surface area contributed by atoms with Crippen molar-refractivity contribution in [1.82, 2.24) is 5.32 Å². The lowest BCUT2D eigenvalue weighted by Crippen LogP contribution is -2.46. The molecule has 3 atom stereocenters. The number of rotatable bonds is 46. The van der Waals surface area contributed by atoms with Gasteiger partial charge >= 0.3 is 5.97 Å². The van der Waals surface area contributed by atoms with Crippen LogP contribution in [-0.4, -0.2) is 46.9 Å². The van der Waals surface area contributed by atoms with Crippen molar-refractivity contribution in [2.24, 2.45) is 0 Å². The maximum atomic E-state index is 13.2. The molecule has 0 radical (unpaired) electrons. The first kappa shape index (κ1) is 57.1. The quantitative estimate of drug-likeness (QED) is 0.0246. The smallest absolute Gasteiger partial charge is 0.306 e. The van der Waals surface area contributed by atoms with Gasteiger partial charge in [0, 0.05) is 6.42 Å². The van der Waals surface area contributed by atoms with Crippen LogP contribution < -0.4 is 5.32 Å². The van der Waals surface area contributed by atoms with Gasteiger partial charge < -0.3 is 20.3 Å². The number of aliphatic hydroxyl groups excluding tert-OH is 2. The molecule has 346 valence electrons. The fourth-order valence-electron chi connectivity index (χ4n) is 7.78. The molecule has 0 aromatic carbocycles. The summed E-state index contributed by atoms with van der Waals surface area (Å²) in [5.41, 5.74) is 0. The van der Waals surface area contributed by atoms with Crippen LogP contribution in [0.3, 0.4) is 0 Å². The molecule has 3 N–H and O–H groups in total. The van der Waals surface area contributed by atoms with E-state index in [1.807, 2.05) is 0 Å². The highest BCUT2D eigenvalue weighted by Crippen LogP contribution is 2.18. The van der Waals surface area contributed by atoms with Gasteiger partial charge in [0.2, 0.25) is 5.91 Å². The summed E-state index contributed by atoms with van der Waals surface area (Å²) in [6.07, 6.45) is 54.9. The molecule has 0 aliphatic rings. The van der Waals surface area contributed by atoms with Gasteiger partial charge in [-0.1, -0.05) is 218 Å². The topological polar surface area (TPSA) is 95.9 Å². The van der Waals surface area contributed by atoms with E-state index < -0.39 is 18.2 Å². The highest BCUT2D eigenvalue weighted by molar-refractivity contribution is 5.77. The molecule has 59 heavy (non-hydrogen) atoms. The fraction of sp³-hybridized carbons (Fsp3) is 0.849. The van der Waals surface area contributed by atoms with Crippen molar-refractivity contribution >= 4 is 11.9 Å². The van der Waals surface area contributed by atoms with Crippen molar-refractivity contribution < 1.29 is 24.5 Å². The minimum absolute atomic E-state index is 0.0625. The number of nitrogens with one attached hydrogen (secondary N) is 1. The zero-order valence-corrected chi connectivity index (χ0v) is 39.4. The molecule has 0 fully saturated rings. The Bertz CT molecular complexity index is 977. The second-order valence-corrected chi connectivity index (χ2v) is 17.6. The van der Waals surface area contributed by atoms with Crippen LogP contribution in [0.2, 0.25) is 0 Å². The number of carbonyl (C=O) groups excluding carboxylic acids is 2. The molecular weight excluding hydrogens is 731 g/mol. The van der Waals surface area contributed by atoms with Crippen LogP contribution >= 0.6 is 0 Å². The minimum Gasteiger partial charge on any atom is -0.462 e. The molecule has 6 heteroatoms. The monoisotopic (exact) mass is 830 g/mol. The van der Waals surface area contributed by atoms with Gasteiger partial charge in [-0.3, -0.25) is 9.59 Å². The third kappa shape index (κ3) is 42.6. The summed E-state index contributed by atoms with van der Waals surface area (Å²) in [6.45, 7) is 6.40. The Morgan fingerprint density at radius 3 is 1.41 bits per heavy atom. The summed E-state index contributed by atoms with van der Waals surface area (Å²) >= 11 is 0. The van der Waals surface area contributed by atoms with Gasteiger partial charge in [-0.15, -0.1) is 0 Å². The van der Waals surface area contributed by atoms with Gasteiger partial charge in [0.05, 0.1) is 25.2 Å². The van der Waals surface area contributed by atoms with Crippen LogP contribution in [0.4, 0.5) is 0 Å². The third-order valence-corrected chi connectivity index (χ3v) is 11.7. The number of aliphatic hydroxyl groups is 2. The molecule has 0 spiro atoms. The maximum Gasteiger partial charge on any atom is 0.306 e. The molecule has 0 aromatic rings. The van der Waals surface area contributed by atoms with Gasteiger partial charge in [-0.2, -0.15) is 0 Å². The number of amides is 1. The lowest BCUT2D eigenvalue weighted by molar-refractivity contribution is -0.151. The van der Waals surface area contributed by atoms with E-state index >= 15 is 0 Å². The normalized spacial score (nSPS) is 13.5. The number of ether oxygens (including phenoxy) is 1. The first-order valence-electron chi connectivity index (χ1n) is 25.7. The average molecular weight is 830 g/mol. The van der Waals surface area contributed by atoms with E-state index in [0.717, 1.165) is 89.9 Å². The summed E-state index contributed by atoms with van der Waals surface area (Å²) in [4.78, 5) is 26.0. The molecule has 0 saturated heterocycles. The van der Waals surface area contributed by atoms with E-state index in [2.05, 4.69) is 62.5 Å². The molecule has 0 aliphatic heterocycles. The highest BCUT2D eigenvalue weighted by atomic mass is 16.5. The van der Waals surface area contributed by atoms with E-state index in [0.29, 0.717) is 19.3 Å². The van der Waals surface area contributed by atoms with Gasteiger partial charge in [-0.25, -0.2) is 0 Å². The van der Waals surface area contributed by atoms with Crippen LogP contribution in [0.5, 0.6) is 0 Å². The Kier molecular flexibility index (Phi) is 45.6. The lowest BCUT2D eigenvalue weighted by Gasteiger charge is -2.24. The van der Waals surface area contributed by atoms with Crippen LogP contribution in [0, 0.1) is 0 Å². The van der Waals surface area contributed by atoms with Gasteiger partial charge in [0.1, 0.15) is 6.10 Å². The number of hydrogen-bond donors (Lipinski definition) is 3. The van der Waals surface area contributed by atoms with Crippen molar-refractivity contribution in [3.8, 4) is 0 Å². The van der Waals surface area contributed by atoms with Crippen molar-refractivity contribution in [3.05, 3.63) is 36.5 Å². The minimum atomic E-state index is -0.792. The predicted molar refractivity (Wildman–Crippen MR) is 255 cm³/mol. The lowest BCUT2D eigenvalue weighted by atomic mass is 10.0. The first-order chi connectivity index (χ1) is 29.0. The number of allylic oxidation sites excluding steroid dienone is 6. The molecule has 3 unspecified atom stereocenters. The summed E-state index contributed by atoms with van der Waals surface area (Å²) in [5.74, 6) is -0.500. The fourth-order valence-corrected chi connectivity index (χ4v) is 7.78. The molecule has 1 amide bonds. The first-order valence-corrected chi connectivity index (χ1v) is 25.7. The molecule has 0 rings (SSSR count). The summed E-state index contributed by atoms with van der Waals surface area (Å²) in [7, 11) is 0. The Balaban J connectivity index is 4.50. The van der Waals surface area contributed by atoms with Crippen LogP contribution in [0.1, 0.15) is 265 Å². The standard InChI is InChI=1S/C53H99NO5/c1-4-7-10-13-16-19-22-24-25-26-27-29-31-33-36-39-42-45-51(56)50(48-55)54-52(57)47-49(44-41-38-35-32-30-28-23-20-17-14-11-8-5-2)59-53(58)46-43-40-37-34-21-18-15-12-9-6-3/h12,15,17,20,23,28,49-51,55-56H,4-11,13-14,16,18-19,21-22,24-27,29-48H2,1-3H3,(H,54,57)/b15-12-,20-17+,28-23+. The molecule has 0 aromatic heterocycles. The predicted octanol–water partition coefficient (Wildman–Crippen LogP) is 15.3. The molecular formula is C53H99NO5. The summed E-state index contributed by atoms with van der Waals surface area (Å²) in [5, 5.41) is 23.8. The summed E-state index contributed by atoms with van der Waals surface area (Å²) in [6, 6.07) is -0.707. The Labute approximate surface area is 366 Å². The van der Waals surface area contributed by atoms with E-state index in [-0.39, 0.29) is 24.9 Å². The van der Waals surface area contributed by atoms with E-state index in [1.54, 1.807) is 0 Å². The number of unbranched alkanes of at least 4 members (excludes halogenated alkanes) is 29. The van der Waals surface area contributed by atoms with Crippen LogP contribution in [0.25, 0.3) is 0 Å². The summed E-state index contributed by atoms with van der Waals surface area (Å²) < 4.78 is 5.90. The number of carbonyl (C=O) groups is 2. The second kappa shape index (κ2) is 47.1. The SMILES string of the molecule is CCC/C=C\CCCCCCCC(=O)OC(CCCCCC/C=C/C=C/CCCCC)CC(=O)NC(CO)C(O)CCCCCCCCCCCCCCCCCCC. The Morgan fingerprint density at radius 1 is 0.492 bits per heavy atom. The van der Waals surface area contributed by atoms with Crippen molar-refractivity contribution in [3.63, 3.8) is 0 Å². The number of hydrogen-bond acceptors (Lipinski definition) is 5. The van der Waals surface area contributed by atoms with E-state index in [4.69, 9.17) is 4.74 Å². The second-order valence-electron chi connectivity index (χ2n) is 17.6. The largest absolute Gasteiger partial charge is 0.462 e. The van der Waals surface area contributed by atoms with Gasteiger partial charge in [-0.05, 0) is 70.6 Å². The molecule has 0 aliphatic carbocycles. The van der Waals surface area contributed by atoms with E-state index in [1.165, 1.54) is 128 Å². The maximum absolute atomic E-state index is 13.2. The van der Waals surface area contributed by atoms with Gasteiger partial charge in [0.15, 0.2) is 0 Å². The van der Waals surface area contributed by atoms with Crippen molar-refractivity contribution in [2.45, 2.75) is 283 Å².